The summed E-state index contributed by atoms with van der Waals surface area (Å²) < 4.78 is 44.3. The number of thioether (sulfide) groups is 1. The van der Waals surface area contributed by atoms with Crippen molar-refractivity contribution in [3.63, 3.8) is 0 Å². The minimum atomic E-state index is -4.40. The maximum Gasteiger partial charge on any atom is 0.411 e. The van der Waals surface area contributed by atoms with Crippen LogP contribution in [0.2, 0.25) is 0 Å². The topological polar surface area (TPSA) is 85.5 Å². The molecule has 1 heterocycles. The van der Waals surface area contributed by atoms with E-state index in [0.29, 0.717) is 0 Å². The van der Waals surface area contributed by atoms with Gasteiger partial charge < -0.3 is 14.4 Å². The highest BCUT2D eigenvalue weighted by atomic mass is 32.2. The quantitative estimate of drug-likeness (QED) is 0.812. The number of rotatable bonds is 7. The number of halogens is 3. The summed E-state index contributed by atoms with van der Waals surface area (Å²) in [6.07, 6.45) is -4.40. The van der Waals surface area contributed by atoms with Crippen LogP contribution in [-0.4, -0.2) is 39.8 Å². The van der Waals surface area contributed by atoms with Gasteiger partial charge in [0.05, 0.1) is 11.5 Å². The molecular formula is C8H9F3N2O4S. The lowest BCUT2D eigenvalue weighted by Gasteiger charge is -2.04. The molecular weight excluding hydrogens is 277 g/mol. The van der Waals surface area contributed by atoms with Crippen molar-refractivity contribution >= 4 is 17.7 Å². The molecule has 0 fully saturated rings. The standard InChI is InChI=1S/C8H9F3N2O4S/c9-8(10,11)4-16-1-5-12-6(17-13-5)2-18-3-7(14)15/h1-4H2,(H,14,15). The molecule has 0 aliphatic heterocycles. The highest BCUT2D eigenvalue weighted by molar-refractivity contribution is 7.99. The van der Waals surface area contributed by atoms with Gasteiger partial charge in [-0.1, -0.05) is 5.16 Å². The molecule has 1 rings (SSSR count). The molecule has 0 amide bonds. The third kappa shape index (κ3) is 6.45. The number of aromatic nitrogens is 2. The molecule has 1 aromatic rings. The highest BCUT2D eigenvalue weighted by Gasteiger charge is 2.27. The van der Waals surface area contributed by atoms with Gasteiger partial charge in [0.1, 0.15) is 13.2 Å². The predicted octanol–water partition coefficient (Wildman–Crippen LogP) is 1.47. The average molecular weight is 286 g/mol. The van der Waals surface area contributed by atoms with Crippen LogP contribution in [0, 0.1) is 0 Å². The Balaban J connectivity index is 2.28. The Bertz CT molecular complexity index is 396. The third-order valence-corrected chi connectivity index (χ3v) is 2.36. The number of hydrogen-bond donors (Lipinski definition) is 1. The Kier molecular flexibility index (Phi) is 5.41. The smallest absolute Gasteiger partial charge is 0.411 e. The fourth-order valence-corrected chi connectivity index (χ4v) is 1.46. The van der Waals surface area contributed by atoms with Crippen LogP contribution < -0.4 is 0 Å². The SMILES string of the molecule is O=C(O)CSCc1nc(COCC(F)(F)F)no1. The lowest BCUT2D eigenvalue weighted by Crippen LogP contribution is -2.16. The van der Waals surface area contributed by atoms with Crippen LogP contribution in [0.25, 0.3) is 0 Å². The van der Waals surface area contributed by atoms with Gasteiger partial charge >= 0.3 is 12.1 Å². The van der Waals surface area contributed by atoms with Crippen LogP contribution in [0.3, 0.4) is 0 Å². The van der Waals surface area contributed by atoms with Gasteiger partial charge in [0.25, 0.3) is 0 Å². The molecule has 0 saturated heterocycles. The molecule has 0 spiro atoms. The van der Waals surface area contributed by atoms with Crippen molar-refractivity contribution in [1.29, 1.82) is 0 Å². The number of nitrogens with zero attached hydrogens (tertiary/aromatic N) is 2. The lowest BCUT2D eigenvalue weighted by atomic mass is 10.6. The first kappa shape index (κ1) is 14.8. The number of aliphatic carboxylic acids is 1. The normalized spacial score (nSPS) is 11.7. The van der Waals surface area contributed by atoms with Gasteiger partial charge in [-0.3, -0.25) is 4.79 Å². The summed E-state index contributed by atoms with van der Waals surface area (Å²) >= 11 is 1.04. The summed E-state index contributed by atoms with van der Waals surface area (Å²) in [5, 5.41) is 11.8. The fourth-order valence-electron chi connectivity index (χ4n) is 0.891. The molecule has 0 unspecified atom stereocenters. The molecule has 6 nitrogen and oxygen atoms in total. The molecule has 1 N–H and O–H groups in total. The van der Waals surface area contributed by atoms with Gasteiger partial charge in [-0.15, -0.1) is 11.8 Å². The van der Waals surface area contributed by atoms with E-state index in [1.165, 1.54) is 0 Å². The minimum absolute atomic E-state index is 0.00910. The van der Waals surface area contributed by atoms with Gasteiger partial charge in [0, 0.05) is 0 Å². The van der Waals surface area contributed by atoms with Gasteiger partial charge in [-0.05, 0) is 0 Å². The maximum absolute atomic E-state index is 11.8. The van der Waals surface area contributed by atoms with Gasteiger partial charge in [0.15, 0.2) is 5.82 Å². The van der Waals surface area contributed by atoms with Crippen molar-refractivity contribution < 1.29 is 32.3 Å². The van der Waals surface area contributed by atoms with Crippen LogP contribution >= 0.6 is 11.8 Å². The van der Waals surface area contributed by atoms with E-state index in [9.17, 15) is 18.0 Å². The van der Waals surface area contributed by atoms with E-state index in [4.69, 9.17) is 9.63 Å². The number of carbonyl (C=O) groups is 1. The molecule has 0 bridgehead atoms. The van der Waals surface area contributed by atoms with E-state index in [0.717, 1.165) is 11.8 Å². The third-order valence-electron chi connectivity index (χ3n) is 1.46. The first-order valence-electron chi connectivity index (χ1n) is 4.62. The largest absolute Gasteiger partial charge is 0.481 e. The van der Waals surface area contributed by atoms with Crippen molar-refractivity contribution in [2.45, 2.75) is 18.5 Å². The van der Waals surface area contributed by atoms with E-state index in [1.807, 2.05) is 0 Å². The second-order valence-corrected chi connectivity index (χ2v) is 4.08. The van der Waals surface area contributed by atoms with E-state index in [1.54, 1.807) is 0 Å². The van der Waals surface area contributed by atoms with Crippen LogP contribution in [0.15, 0.2) is 4.52 Å². The zero-order chi connectivity index (χ0) is 13.6. The van der Waals surface area contributed by atoms with Gasteiger partial charge in [-0.2, -0.15) is 18.2 Å². The van der Waals surface area contributed by atoms with Crippen molar-refractivity contribution in [2.24, 2.45) is 0 Å². The molecule has 10 heteroatoms. The molecule has 0 atom stereocenters. The Morgan fingerprint density at radius 3 is 2.83 bits per heavy atom. The van der Waals surface area contributed by atoms with Crippen LogP contribution in [0.5, 0.6) is 0 Å². The summed E-state index contributed by atoms with van der Waals surface area (Å²) in [7, 11) is 0. The zero-order valence-electron chi connectivity index (χ0n) is 8.94. The molecule has 18 heavy (non-hydrogen) atoms. The first-order chi connectivity index (χ1) is 8.37. The monoisotopic (exact) mass is 286 g/mol. The fraction of sp³-hybridized carbons (Fsp3) is 0.625. The Hall–Kier alpha value is -1.29. The van der Waals surface area contributed by atoms with Crippen molar-refractivity contribution in [1.82, 2.24) is 10.1 Å². The number of carboxylic acids is 1. The average Bonchev–Trinajstić information content (AvgIpc) is 2.63. The second kappa shape index (κ2) is 6.59. The predicted molar refractivity (Wildman–Crippen MR) is 53.8 cm³/mol. The molecule has 0 aromatic carbocycles. The highest BCUT2D eigenvalue weighted by Crippen LogP contribution is 2.15. The van der Waals surface area contributed by atoms with Crippen LogP contribution in [0.4, 0.5) is 13.2 Å². The molecule has 102 valence electrons. The molecule has 0 saturated carbocycles. The summed E-state index contributed by atoms with van der Waals surface area (Å²) in [6.45, 7) is -1.79. The van der Waals surface area contributed by atoms with E-state index < -0.39 is 25.4 Å². The minimum Gasteiger partial charge on any atom is -0.481 e. The van der Waals surface area contributed by atoms with E-state index in [-0.39, 0.29) is 23.2 Å². The van der Waals surface area contributed by atoms with E-state index >= 15 is 0 Å². The number of ether oxygens (including phenoxy) is 1. The molecule has 0 aliphatic rings. The van der Waals surface area contributed by atoms with Crippen molar-refractivity contribution in [3.05, 3.63) is 11.7 Å². The number of hydrogen-bond acceptors (Lipinski definition) is 6. The summed E-state index contributed by atoms with van der Waals surface area (Å²) in [6, 6.07) is 0. The second-order valence-electron chi connectivity index (χ2n) is 3.10. The van der Waals surface area contributed by atoms with Crippen molar-refractivity contribution in [3.8, 4) is 0 Å². The van der Waals surface area contributed by atoms with Gasteiger partial charge in [0.2, 0.25) is 5.89 Å². The Morgan fingerprint density at radius 2 is 2.22 bits per heavy atom. The maximum atomic E-state index is 11.8. The Labute approximate surface area is 103 Å². The summed E-state index contributed by atoms with van der Waals surface area (Å²) in [5.41, 5.74) is 0. The molecule has 1 aromatic heterocycles. The van der Waals surface area contributed by atoms with E-state index in [2.05, 4.69) is 14.9 Å². The summed E-state index contributed by atoms with van der Waals surface area (Å²) in [5.74, 6) is -0.786. The van der Waals surface area contributed by atoms with Crippen LogP contribution in [0.1, 0.15) is 11.7 Å². The molecule has 0 radical (unpaired) electrons. The molecule has 0 aliphatic carbocycles. The summed E-state index contributed by atoms with van der Waals surface area (Å²) in [4.78, 5) is 14.0. The number of carboxylic acid groups (broad SMARTS) is 1. The lowest BCUT2D eigenvalue weighted by molar-refractivity contribution is -0.177. The van der Waals surface area contributed by atoms with Gasteiger partial charge in [-0.25, -0.2) is 0 Å². The van der Waals surface area contributed by atoms with Crippen LogP contribution in [-0.2, 0) is 21.9 Å². The van der Waals surface area contributed by atoms with Crippen molar-refractivity contribution in [2.75, 3.05) is 12.4 Å². The zero-order valence-corrected chi connectivity index (χ0v) is 9.75. The Morgan fingerprint density at radius 1 is 1.50 bits per heavy atom. The first-order valence-corrected chi connectivity index (χ1v) is 5.78. The number of alkyl halides is 3.